The Bertz CT molecular complexity index is 353. The molecule has 15 heavy (non-hydrogen) atoms. The molecule has 1 aromatic rings. The summed E-state index contributed by atoms with van der Waals surface area (Å²) in [6.07, 6.45) is 1.17. The van der Waals surface area contributed by atoms with Crippen molar-refractivity contribution in [2.24, 2.45) is 0 Å². The van der Waals surface area contributed by atoms with Gasteiger partial charge in [0.15, 0.2) is 0 Å². The number of nitrogens with one attached hydrogen (secondary N) is 1. The molecule has 1 nitrogen and oxygen atoms in total. The minimum atomic E-state index is -0.126. The Morgan fingerprint density at radius 2 is 2.27 bits per heavy atom. The lowest BCUT2D eigenvalue weighted by Gasteiger charge is -2.15. The van der Waals surface area contributed by atoms with Crippen molar-refractivity contribution in [2.75, 3.05) is 11.1 Å². The fourth-order valence-electron chi connectivity index (χ4n) is 1.90. The molecule has 1 saturated heterocycles. The lowest BCUT2D eigenvalue weighted by atomic mass is 10.1. The van der Waals surface area contributed by atoms with E-state index in [1.165, 1.54) is 12.5 Å². The summed E-state index contributed by atoms with van der Waals surface area (Å²) in [4.78, 5) is 0. The third-order valence-corrected chi connectivity index (χ3v) is 4.18. The van der Waals surface area contributed by atoms with Gasteiger partial charge in [-0.25, -0.2) is 4.39 Å². The van der Waals surface area contributed by atoms with Gasteiger partial charge in [0.1, 0.15) is 5.82 Å². The third-order valence-electron chi connectivity index (χ3n) is 2.83. The van der Waals surface area contributed by atoms with E-state index < -0.39 is 0 Å². The normalized spacial score (nSPS) is 25.5. The first-order valence-corrected chi connectivity index (χ1v) is 6.35. The van der Waals surface area contributed by atoms with Gasteiger partial charge in [0.05, 0.1) is 0 Å². The first-order chi connectivity index (χ1) is 7.16. The largest absolute Gasteiger partial charge is 0.381 e. The molecule has 2 unspecified atom stereocenters. The SMILES string of the molecule is Cc1c(F)cccc1NC1CSC(C)C1. The summed E-state index contributed by atoms with van der Waals surface area (Å²) in [7, 11) is 0. The van der Waals surface area contributed by atoms with Crippen LogP contribution in [0, 0.1) is 12.7 Å². The lowest BCUT2D eigenvalue weighted by molar-refractivity contribution is 0.618. The summed E-state index contributed by atoms with van der Waals surface area (Å²) in [5.74, 6) is 0.996. The number of rotatable bonds is 2. The molecule has 2 rings (SSSR count). The molecule has 0 amide bonds. The van der Waals surface area contributed by atoms with Crippen molar-refractivity contribution in [2.45, 2.75) is 31.6 Å². The van der Waals surface area contributed by atoms with E-state index in [0.717, 1.165) is 22.3 Å². The maximum Gasteiger partial charge on any atom is 0.128 e. The van der Waals surface area contributed by atoms with Crippen LogP contribution in [0.1, 0.15) is 18.9 Å². The predicted molar refractivity (Wildman–Crippen MR) is 65.1 cm³/mol. The van der Waals surface area contributed by atoms with Crippen LogP contribution in [0.5, 0.6) is 0 Å². The number of hydrogen-bond acceptors (Lipinski definition) is 2. The van der Waals surface area contributed by atoms with E-state index in [4.69, 9.17) is 0 Å². The first-order valence-electron chi connectivity index (χ1n) is 5.30. The van der Waals surface area contributed by atoms with Gasteiger partial charge in [-0.05, 0) is 25.5 Å². The second-order valence-electron chi connectivity index (χ2n) is 4.13. The molecule has 1 aromatic carbocycles. The van der Waals surface area contributed by atoms with Crippen LogP contribution in [0.2, 0.25) is 0 Å². The van der Waals surface area contributed by atoms with Crippen LogP contribution in [-0.2, 0) is 0 Å². The fraction of sp³-hybridized carbons (Fsp3) is 0.500. The van der Waals surface area contributed by atoms with Crippen molar-refractivity contribution in [3.05, 3.63) is 29.6 Å². The van der Waals surface area contributed by atoms with Gasteiger partial charge in [0.25, 0.3) is 0 Å². The van der Waals surface area contributed by atoms with Crippen LogP contribution < -0.4 is 5.32 Å². The number of hydrogen-bond donors (Lipinski definition) is 1. The highest BCUT2D eigenvalue weighted by Crippen LogP contribution is 2.29. The van der Waals surface area contributed by atoms with E-state index in [0.29, 0.717) is 6.04 Å². The van der Waals surface area contributed by atoms with Gasteiger partial charge >= 0.3 is 0 Å². The van der Waals surface area contributed by atoms with Crippen LogP contribution in [0.4, 0.5) is 10.1 Å². The standard InChI is InChI=1S/C12H16FNS/c1-8-6-10(7-15-8)14-12-5-3-4-11(13)9(12)2/h3-5,8,10,14H,6-7H2,1-2H3. The molecule has 0 radical (unpaired) electrons. The highest BCUT2D eigenvalue weighted by molar-refractivity contribution is 8.00. The summed E-state index contributed by atoms with van der Waals surface area (Å²) in [6, 6.07) is 5.71. The van der Waals surface area contributed by atoms with Crippen molar-refractivity contribution in [1.29, 1.82) is 0 Å². The molecule has 1 aliphatic heterocycles. The Balaban J connectivity index is 2.07. The molecular formula is C12H16FNS. The molecule has 1 fully saturated rings. The Kier molecular flexibility index (Phi) is 3.19. The third kappa shape index (κ3) is 2.46. The quantitative estimate of drug-likeness (QED) is 0.827. The molecule has 0 bridgehead atoms. The topological polar surface area (TPSA) is 12.0 Å². The lowest BCUT2D eigenvalue weighted by Crippen LogP contribution is -2.19. The first kappa shape index (κ1) is 10.8. The van der Waals surface area contributed by atoms with E-state index in [1.807, 2.05) is 24.8 Å². The van der Waals surface area contributed by atoms with E-state index in [9.17, 15) is 4.39 Å². The number of benzene rings is 1. The van der Waals surface area contributed by atoms with Gasteiger partial charge in [0, 0.05) is 28.3 Å². The van der Waals surface area contributed by atoms with Gasteiger partial charge in [-0.1, -0.05) is 13.0 Å². The van der Waals surface area contributed by atoms with Crippen molar-refractivity contribution in [3.8, 4) is 0 Å². The highest BCUT2D eigenvalue weighted by atomic mass is 32.2. The van der Waals surface area contributed by atoms with E-state index >= 15 is 0 Å². The maximum atomic E-state index is 13.3. The van der Waals surface area contributed by atoms with Crippen LogP contribution in [0.3, 0.4) is 0 Å². The van der Waals surface area contributed by atoms with E-state index in [-0.39, 0.29) is 5.82 Å². The average molecular weight is 225 g/mol. The second-order valence-corrected chi connectivity index (χ2v) is 5.60. The summed E-state index contributed by atoms with van der Waals surface area (Å²) in [5, 5.41) is 4.14. The number of anilines is 1. The molecule has 82 valence electrons. The van der Waals surface area contributed by atoms with Gasteiger partial charge in [0.2, 0.25) is 0 Å². The molecule has 0 aliphatic carbocycles. The van der Waals surface area contributed by atoms with E-state index in [2.05, 4.69) is 12.2 Å². The van der Waals surface area contributed by atoms with Gasteiger partial charge in [-0.15, -0.1) is 0 Å². The minimum Gasteiger partial charge on any atom is -0.381 e. The fourth-order valence-corrected chi connectivity index (χ4v) is 3.05. The molecule has 1 aliphatic rings. The Morgan fingerprint density at radius 3 is 2.93 bits per heavy atom. The zero-order valence-corrected chi connectivity index (χ0v) is 9.90. The molecule has 1 N–H and O–H groups in total. The Morgan fingerprint density at radius 1 is 1.47 bits per heavy atom. The summed E-state index contributed by atoms with van der Waals surface area (Å²) >= 11 is 1.98. The molecule has 0 aromatic heterocycles. The molecular weight excluding hydrogens is 209 g/mol. The molecule has 2 atom stereocenters. The summed E-state index contributed by atoms with van der Waals surface area (Å²) < 4.78 is 13.3. The van der Waals surface area contributed by atoms with Gasteiger partial charge in [-0.3, -0.25) is 0 Å². The summed E-state index contributed by atoms with van der Waals surface area (Å²) in [6.45, 7) is 4.06. The van der Waals surface area contributed by atoms with Crippen LogP contribution in [-0.4, -0.2) is 17.0 Å². The minimum absolute atomic E-state index is 0.126. The van der Waals surface area contributed by atoms with Crippen LogP contribution >= 0.6 is 11.8 Å². The average Bonchev–Trinajstić information content (AvgIpc) is 2.59. The maximum absolute atomic E-state index is 13.3. The van der Waals surface area contributed by atoms with E-state index in [1.54, 1.807) is 6.07 Å². The monoisotopic (exact) mass is 225 g/mol. The van der Waals surface area contributed by atoms with Gasteiger partial charge < -0.3 is 5.32 Å². The Hall–Kier alpha value is -0.700. The molecule has 0 spiro atoms. The van der Waals surface area contributed by atoms with Crippen molar-refractivity contribution >= 4 is 17.4 Å². The summed E-state index contributed by atoms with van der Waals surface area (Å²) in [5.41, 5.74) is 1.66. The number of thioether (sulfide) groups is 1. The van der Waals surface area contributed by atoms with Crippen molar-refractivity contribution in [1.82, 2.24) is 0 Å². The molecule has 0 saturated carbocycles. The van der Waals surface area contributed by atoms with Gasteiger partial charge in [-0.2, -0.15) is 11.8 Å². The zero-order valence-electron chi connectivity index (χ0n) is 9.09. The molecule has 3 heteroatoms. The van der Waals surface area contributed by atoms with Crippen LogP contribution in [0.15, 0.2) is 18.2 Å². The second kappa shape index (κ2) is 4.44. The van der Waals surface area contributed by atoms with Crippen molar-refractivity contribution in [3.63, 3.8) is 0 Å². The Labute approximate surface area is 94.5 Å². The molecule has 1 heterocycles. The highest BCUT2D eigenvalue weighted by Gasteiger charge is 2.22. The van der Waals surface area contributed by atoms with Crippen LogP contribution in [0.25, 0.3) is 0 Å². The zero-order chi connectivity index (χ0) is 10.8. The smallest absolute Gasteiger partial charge is 0.128 e. The predicted octanol–water partition coefficient (Wildman–Crippen LogP) is 3.44. The van der Waals surface area contributed by atoms with Crippen molar-refractivity contribution < 1.29 is 4.39 Å². The number of halogens is 1.